The largest absolute Gasteiger partial charge is 0.488 e. The Labute approximate surface area is 152 Å². The molecule has 2 aromatic carbocycles. The standard InChI is InChI=1S/C20H24BrNO2/c1-23-18-10-12-22(14-18)11-9-16-7-8-20(19(21)13-16)24-15-17-5-3-2-4-6-17/h2-8,13,18H,9-12,14-15H2,1H3. The molecule has 1 fully saturated rings. The number of hydrogen-bond acceptors (Lipinski definition) is 3. The van der Waals surface area contributed by atoms with Crippen LogP contribution in [0.5, 0.6) is 5.75 Å². The van der Waals surface area contributed by atoms with Gasteiger partial charge in [0.05, 0.1) is 10.6 Å². The Balaban J connectivity index is 1.51. The number of ether oxygens (including phenoxy) is 2. The van der Waals surface area contributed by atoms with Crippen molar-refractivity contribution in [2.45, 2.75) is 25.6 Å². The Hall–Kier alpha value is -1.36. The zero-order valence-corrected chi connectivity index (χ0v) is 15.7. The summed E-state index contributed by atoms with van der Waals surface area (Å²) < 4.78 is 12.4. The molecule has 0 radical (unpaired) electrons. The molecule has 1 heterocycles. The van der Waals surface area contributed by atoms with Crippen LogP contribution in [0.25, 0.3) is 0 Å². The van der Waals surface area contributed by atoms with E-state index in [2.05, 4.69) is 51.2 Å². The van der Waals surface area contributed by atoms with E-state index in [1.54, 1.807) is 7.11 Å². The highest BCUT2D eigenvalue weighted by molar-refractivity contribution is 9.10. The first-order valence-corrected chi connectivity index (χ1v) is 9.24. The molecule has 2 aromatic rings. The number of rotatable bonds is 7. The number of hydrogen-bond donors (Lipinski definition) is 0. The number of nitrogens with zero attached hydrogens (tertiary/aromatic N) is 1. The molecule has 1 unspecified atom stereocenters. The Kier molecular flexibility index (Phi) is 6.30. The van der Waals surface area contributed by atoms with Crippen LogP contribution in [0.3, 0.4) is 0 Å². The molecule has 0 N–H and O–H groups in total. The molecule has 4 heteroatoms. The third kappa shape index (κ3) is 4.82. The van der Waals surface area contributed by atoms with Gasteiger partial charge in [-0.15, -0.1) is 0 Å². The van der Waals surface area contributed by atoms with Crippen molar-refractivity contribution in [2.24, 2.45) is 0 Å². The number of halogens is 1. The van der Waals surface area contributed by atoms with Gasteiger partial charge in [-0.25, -0.2) is 0 Å². The monoisotopic (exact) mass is 389 g/mol. The Morgan fingerprint density at radius 1 is 1.12 bits per heavy atom. The van der Waals surface area contributed by atoms with E-state index in [0.29, 0.717) is 12.7 Å². The highest BCUT2D eigenvalue weighted by Crippen LogP contribution is 2.27. The lowest BCUT2D eigenvalue weighted by Gasteiger charge is -2.16. The van der Waals surface area contributed by atoms with Crippen LogP contribution in [0.15, 0.2) is 53.0 Å². The average Bonchev–Trinajstić information content (AvgIpc) is 3.08. The lowest BCUT2D eigenvalue weighted by molar-refractivity contribution is 0.108. The maximum atomic E-state index is 5.91. The number of likely N-dealkylation sites (tertiary alicyclic amines) is 1. The zero-order valence-electron chi connectivity index (χ0n) is 14.1. The average molecular weight is 390 g/mol. The SMILES string of the molecule is COC1CCN(CCc2ccc(OCc3ccccc3)c(Br)c2)C1. The summed E-state index contributed by atoms with van der Waals surface area (Å²) in [6.45, 7) is 3.86. The Morgan fingerprint density at radius 2 is 1.96 bits per heavy atom. The molecule has 1 aliphatic heterocycles. The van der Waals surface area contributed by atoms with Crippen molar-refractivity contribution < 1.29 is 9.47 Å². The predicted molar refractivity (Wildman–Crippen MR) is 100 cm³/mol. The van der Waals surface area contributed by atoms with Crippen LogP contribution in [-0.2, 0) is 17.8 Å². The molecule has 1 saturated heterocycles. The maximum absolute atomic E-state index is 5.91. The molecule has 0 aromatic heterocycles. The summed E-state index contributed by atoms with van der Waals surface area (Å²) >= 11 is 3.64. The van der Waals surface area contributed by atoms with Gasteiger partial charge in [-0.2, -0.15) is 0 Å². The van der Waals surface area contributed by atoms with Gasteiger partial charge in [0.2, 0.25) is 0 Å². The van der Waals surface area contributed by atoms with Gasteiger partial charge >= 0.3 is 0 Å². The second-order valence-corrected chi connectivity index (χ2v) is 7.09. The summed E-state index contributed by atoms with van der Waals surface area (Å²) in [5.41, 5.74) is 2.50. The predicted octanol–water partition coefficient (Wildman–Crippen LogP) is 4.29. The van der Waals surface area contributed by atoms with Crippen molar-refractivity contribution in [3.63, 3.8) is 0 Å². The first kappa shape index (κ1) is 17.5. The molecule has 0 amide bonds. The fourth-order valence-electron chi connectivity index (χ4n) is 3.03. The van der Waals surface area contributed by atoms with E-state index < -0.39 is 0 Å². The van der Waals surface area contributed by atoms with E-state index in [-0.39, 0.29) is 0 Å². The van der Waals surface area contributed by atoms with Gasteiger partial charge in [0.1, 0.15) is 12.4 Å². The fraction of sp³-hybridized carbons (Fsp3) is 0.400. The summed E-state index contributed by atoms with van der Waals surface area (Å²) in [6.07, 6.45) is 2.60. The normalized spacial score (nSPS) is 18.0. The van der Waals surface area contributed by atoms with Crippen molar-refractivity contribution >= 4 is 15.9 Å². The molecule has 24 heavy (non-hydrogen) atoms. The lowest BCUT2D eigenvalue weighted by atomic mass is 10.1. The van der Waals surface area contributed by atoms with Crippen LogP contribution >= 0.6 is 15.9 Å². The second-order valence-electron chi connectivity index (χ2n) is 6.24. The summed E-state index contributed by atoms with van der Waals surface area (Å²) in [4.78, 5) is 2.47. The van der Waals surface area contributed by atoms with Gasteiger partial charge < -0.3 is 14.4 Å². The van der Waals surface area contributed by atoms with Crippen LogP contribution in [-0.4, -0.2) is 37.7 Å². The molecule has 3 nitrogen and oxygen atoms in total. The minimum Gasteiger partial charge on any atom is -0.488 e. The second kappa shape index (κ2) is 8.65. The van der Waals surface area contributed by atoms with Gasteiger partial charge in [0.25, 0.3) is 0 Å². The molecule has 1 aliphatic rings. The van der Waals surface area contributed by atoms with Gasteiger partial charge in [-0.05, 0) is 52.0 Å². The summed E-state index contributed by atoms with van der Waals surface area (Å²) in [5.74, 6) is 0.892. The van der Waals surface area contributed by atoms with E-state index in [4.69, 9.17) is 9.47 Å². The van der Waals surface area contributed by atoms with Gasteiger partial charge in [0.15, 0.2) is 0 Å². The molecular formula is C20H24BrNO2. The Bertz CT molecular complexity index is 647. The molecule has 128 valence electrons. The first-order valence-electron chi connectivity index (χ1n) is 8.45. The zero-order chi connectivity index (χ0) is 16.8. The van der Waals surface area contributed by atoms with E-state index in [1.807, 2.05) is 18.2 Å². The van der Waals surface area contributed by atoms with E-state index in [1.165, 1.54) is 11.1 Å². The molecule has 0 saturated carbocycles. The molecular weight excluding hydrogens is 366 g/mol. The van der Waals surface area contributed by atoms with E-state index >= 15 is 0 Å². The summed E-state index contributed by atoms with van der Waals surface area (Å²) in [6, 6.07) is 16.6. The number of benzene rings is 2. The minimum absolute atomic E-state index is 0.408. The quantitative estimate of drug-likeness (QED) is 0.704. The van der Waals surface area contributed by atoms with Crippen molar-refractivity contribution in [3.8, 4) is 5.75 Å². The fourth-order valence-corrected chi connectivity index (χ4v) is 3.57. The minimum atomic E-state index is 0.408. The van der Waals surface area contributed by atoms with E-state index in [0.717, 1.165) is 42.7 Å². The molecule has 0 spiro atoms. The van der Waals surface area contributed by atoms with Crippen LogP contribution in [0.2, 0.25) is 0 Å². The van der Waals surface area contributed by atoms with Crippen molar-refractivity contribution in [1.29, 1.82) is 0 Å². The topological polar surface area (TPSA) is 21.7 Å². The van der Waals surface area contributed by atoms with Crippen molar-refractivity contribution in [1.82, 2.24) is 4.90 Å². The van der Waals surface area contributed by atoms with Crippen LogP contribution < -0.4 is 4.74 Å². The third-order valence-electron chi connectivity index (χ3n) is 4.51. The smallest absolute Gasteiger partial charge is 0.134 e. The van der Waals surface area contributed by atoms with E-state index in [9.17, 15) is 0 Å². The molecule has 3 rings (SSSR count). The van der Waals surface area contributed by atoms with Gasteiger partial charge in [-0.3, -0.25) is 0 Å². The van der Waals surface area contributed by atoms with Gasteiger partial charge in [-0.1, -0.05) is 36.4 Å². The molecule has 1 atom stereocenters. The van der Waals surface area contributed by atoms with Crippen molar-refractivity contribution in [3.05, 3.63) is 64.1 Å². The van der Waals surface area contributed by atoms with Crippen LogP contribution in [0, 0.1) is 0 Å². The maximum Gasteiger partial charge on any atom is 0.134 e. The van der Waals surface area contributed by atoms with Crippen LogP contribution in [0.1, 0.15) is 17.5 Å². The molecule has 0 aliphatic carbocycles. The third-order valence-corrected chi connectivity index (χ3v) is 5.13. The lowest BCUT2D eigenvalue weighted by Crippen LogP contribution is -2.25. The highest BCUT2D eigenvalue weighted by atomic mass is 79.9. The summed E-state index contributed by atoms with van der Waals surface area (Å²) in [5, 5.41) is 0. The summed E-state index contributed by atoms with van der Waals surface area (Å²) in [7, 11) is 1.81. The van der Waals surface area contributed by atoms with Gasteiger partial charge in [0, 0.05) is 26.7 Å². The highest BCUT2D eigenvalue weighted by Gasteiger charge is 2.21. The molecule has 0 bridgehead atoms. The number of methoxy groups -OCH3 is 1. The van der Waals surface area contributed by atoms with Crippen molar-refractivity contribution in [2.75, 3.05) is 26.7 Å². The Morgan fingerprint density at radius 3 is 2.67 bits per heavy atom. The first-order chi connectivity index (χ1) is 11.7. The van der Waals surface area contributed by atoms with Crippen LogP contribution in [0.4, 0.5) is 0 Å².